The lowest BCUT2D eigenvalue weighted by Crippen LogP contribution is -2.60. The first-order chi connectivity index (χ1) is 59.8. The summed E-state index contributed by atoms with van der Waals surface area (Å²) in [5.41, 5.74) is 12.9. The number of carbonyl (C=O) groups excluding carboxylic acids is 8. The second kappa shape index (κ2) is 39.8. The Balaban J connectivity index is 0.895. The highest BCUT2D eigenvalue weighted by Crippen LogP contribution is 2.47. The molecule has 8 aromatic carbocycles. The standard InChI is InChI=1S/C95H107N13O16S/c1-58-59(2)83(60(3)72-53-94(7,8)123-82(58)72)125(119,120)106-90(97)98-48-30-45-74(84(111)103-77(86(113)101-75(89(116)121-9)44-28-29-47-96)50-62-54-108(92(118)124-93(4,5)6)80-46-27-26-39-67(62)80)100-85(112)76(49-61-31-14-10-15-32-61)102-87(114)78(51-66-55-107(57-99-66)95(63-33-16-11-17-34-63,64-35-18-12-19-36-64)65-37-20-13-21-38-65)104-88(115)79(52-81(109)110)105-91(117)122-56-73-70-42-24-22-40-68(70)69-41-23-25-43-71(69)73/h10-27,31-43,46,54-55,57,73-79H,28-30,44-45,47-53,56,96H2,1-9H3,(H,100,112)(H,101,113)(H,102,114)(H,103,111)(H,104,115)(H,105,117)(H,109,110)(H3,97,98,106)/t74-,75-,76+,77-,78-,79+/m0/s1. The van der Waals surface area contributed by atoms with Crippen molar-refractivity contribution in [3.05, 3.63) is 280 Å². The highest BCUT2D eigenvalue weighted by molar-refractivity contribution is 7.90. The van der Waals surface area contributed by atoms with Crippen molar-refractivity contribution < 1.29 is 75.6 Å². The number of hydrogen-bond acceptors (Lipinski definition) is 18. The van der Waals surface area contributed by atoms with Gasteiger partial charge in [-0.05, 0) is 167 Å². The fourth-order valence-electron chi connectivity index (χ4n) is 16.5. The van der Waals surface area contributed by atoms with E-state index in [1.807, 2.05) is 158 Å². The lowest BCUT2D eigenvalue weighted by Gasteiger charge is -2.37. The molecule has 1 aliphatic heterocycles. The summed E-state index contributed by atoms with van der Waals surface area (Å²) in [6.07, 6.45) is 1.70. The number of hydrogen-bond donors (Lipinski definition) is 11. The first-order valence-electron chi connectivity index (χ1n) is 41.6. The largest absolute Gasteiger partial charge is 0.487 e. The summed E-state index contributed by atoms with van der Waals surface area (Å²) < 4.78 is 57.4. The summed E-state index contributed by atoms with van der Waals surface area (Å²) in [5, 5.41) is 39.2. The van der Waals surface area contributed by atoms with Crippen LogP contribution in [-0.4, -0.2) is 162 Å². The number of carbonyl (C=O) groups is 9. The van der Waals surface area contributed by atoms with E-state index in [-0.39, 0.29) is 62.4 Å². The zero-order valence-corrected chi connectivity index (χ0v) is 72.2. The number of carboxylic acids is 1. The van der Waals surface area contributed by atoms with Gasteiger partial charge in [-0.25, -0.2) is 32.5 Å². The molecule has 654 valence electrons. The van der Waals surface area contributed by atoms with E-state index >= 15 is 24.0 Å². The summed E-state index contributed by atoms with van der Waals surface area (Å²) in [6.45, 7) is 13.9. The Hall–Kier alpha value is -13.5. The minimum Gasteiger partial charge on any atom is -0.487 e. The van der Waals surface area contributed by atoms with Crippen molar-refractivity contribution in [2.75, 3.05) is 26.8 Å². The number of ether oxygens (including phenoxy) is 4. The van der Waals surface area contributed by atoms with E-state index < -0.39 is 141 Å². The maximum Gasteiger partial charge on any atom is 0.419 e. The van der Waals surface area contributed by atoms with Crippen LogP contribution in [0, 0.1) is 26.2 Å². The van der Waals surface area contributed by atoms with Crippen molar-refractivity contribution in [2.45, 2.75) is 183 Å². The van der Waals surface area contributed by atoms with E-state index in [2.05, 4.69) is 41.9 Å². The van der Waals surface area contributed by atoms with Crippen LogP contribution in [0.4, 0.5) is 9.59 Å². The van der Waals surface area contributed by atoms with E-state index in [1.54, 1.807) is 109 Å². The third-order valence-electron chi connectivity index (χ3n) is 22.5. The van der Waals surface area contributed by atoms with Gasteiger partial charge in [0.1, 0.15) is 65.3 Å². The number of methoxy groups -OCH3 is 1. The minimum absolute atomic E-state index is 0.0258. The van der Waals surface area contributed by atoms with Gasteiger partial charge in [-0.3, -0.25) is 38.7 Å². The van der Waals surface area contributed by atoms with Gasteiger partial charge in [-0.2, -0.15) is 0 Å². The molecule has 10 aromatic rings. The molecule has 30 heteroatoms. The van der Waals surface area contributed by atoms with Crippen LogP contribution in [-0.2, 0) is 89.0 Å². The smallest absolute Gasteiger partial charge is 0.419 e. The molecule has 6 amide bonds. The number of carboxylic acid groups (broad SMARTS) is 1. The summed E-state index contributed by atoms with van der Waals surface area (Å²) in [4.78, 5) is 138. The molecule has 3 heterocycles. The highest BCUT2D eigenvalue weighted by Gasteiger charge is 2.42. The Morgan fingerprint density at radius 2 is 1.10 bits per heavy atom. The maximum atomic E-state index is 16.0. The normalized spacial score (nSPS) is 14.2. The van der Waals surface area contributed by atoms with Crippen LogP contribution >= 0.6 is 0 Å². The molecule has 2 aromatic heterocycles. The Bertz CT molecular complexity index is 5600. The number of benzene rings is 8. The van der Waals surface area contributed by atoms with Crippen LogP contribution < -0.4 is 52.4 Å². The number of nitrogens with zero attached hydrogens (tertiary/aromatic N) is 3. The van der Waals surface area contributed by atoms with Crippen molar-refractivity contribution in [3.8, 4) is 16.9 Å². The van der Waals surface area contributed by atoms with Crippen LogP contribution in [0.1, 0.15) is 146 Å². The summed E-state index contributed by atoms with van der Waals surface area (Å²) in [5.74, 6) is -7.83. The third kappa shape index (κ3) is 21.6. The number of aromatic nitrogens is 3. The topological polar surface area (TPSA) is 414 Å². The molecule has 0 bridgehead atoms. The fourth-order valence-corrected chi connectivity index (χ4v) is 18.0. The van der Waals surface area contributed by atoms with Gasteiger partial charge >= 0.3 is 24.1 Å². The molecule has 0 unspecified atom stereocenters. The predicted octanol–water partition coefficient (Wildman–Crippen LogP) is 10.5. The lowest BCUT2D eigenvalue weighted by atomic mass is 9.77. The van der Waals surface area contributed by atoms with Gasteiger partial charge < -0.3 is 71.6 Å². The number of amides is 6. The first-order valence-corrected chi connectivity index (χ1v) is 43.1. The van der Waals surface area contributed by atoms with E-state index in [9.17, 15) is 32.7 Å². The summed E-state index contributed by atoms with van der Waals surface area (Å²) >= 11 is 0. The number of rotatable bonds is 36. The predicted molar refractivity (Wildman–Crippen MR) is 471 cm³/mol. The molecule has 0 saturated carbocycles. The molecular weight excluding hydrogens is 1610 g/mol. The second-order valence-electron chi connectivity index (χ2n) is 33.0. The minimum atomic E-state index is -4.45. The SMILES string of the molecule is COC(=O)[C@H](CCCCN)NC(=O)[C@H](Cc1cn(C(=O)OC(C)(C)C)c2ccccc12)NC(=O)[C@H](CCCNC(=N)NS(=O)(=O)c1c(C)c(C)c2c(c1C)CC(C)(C)O2)NC(=O)[C@@H](Cc1ccccc1)NC(=O)[C@H](Cc1cn(C(c2ccccc2)(c2ccccc2)c2ccccc2)cn1)NC(=O)[C@@H](CC(=O)O)NC(=O)OCC1c2ccccc2-c2ccccc21. The number of aliphatic carboxylic acids is 1. The molecule has 12 N–H and O–H groups in total. The molecule has 0 fully saturated rings. The molecular formula is C95H107N13O16S. The number of fused-ring (bicyclic) bond motifs is 5. The van der Waals surface area contributed by atoms with Crippen molar-refractivity contribution in [2.24, 2.45) is 5.73 Å². The first kappa shape index (κ1) is 90.7. The fraction of sp³-hybridized carbons (Fsp3) is 0.337. The third-order valence-corrected chi connectivity index (χ3v) is 24.1. The quantitative estimate of drug-likeness (QED) is 0.00434. The molecule has 0 spiro atoms. The Labute approximate surface area is 726 Å². The lowest BCUT2D eigenvalue weighted by molar-refractivity contribution is -0.145. The number of nitrogens with one attached hydrogen (secondary N) is 9. The molecule has 1 aliphatic carbocycles. The number of alkyl carbamates (subject to hydrolysis) is 1. The summed E-state index contributed by atoms with van der Waals surface area (Å²) in [6, 6.07) is 49.6. The number of nitrogens with two attached hydrogens (primary N) is 1. The van der Waals surface area contributed by atoms with E-state index in [0.717, 1.165) is 51.6 Å². The van der Waals surface area contributed by atoms with Gasteiger partial charge in [-0.15, -0.1) is 0 Å². The highest BCUT2D eigenvalue weighted by atomic mass is 32.2. The Morgan fingerprint density at radius 3 is 1.67 bits per heavy atom. The molecule has 6 atom stereocenters. The van der Waals surface area contributed by atoms with Crippen LogP contribution in [0.25, 0.3) is 22.0 Å². The van der Waals surface area contributed by atoms with Gasteiger partial charge in [0.15, 0.2) is 0 Å². The monoisotopic (exact) mass is 1720 g/mol. The van der Waals surface area contributed by atoms with Crippen molar-refractivity contribution in [3.63, 3.8) is 0 Å². The van der Waals surface area contributed by atoms with Crippen molar-refractivity contribution in [1.29, 1.82) is 5.41 Å². The zero-order chi connectivity index (χ0) is 89.5. The van der Waals surface area contributed by atoms with Gasteiger partial charge in [0.05, 0.1) is 36.0 Å². The van der Waals surface area contributed by atoms with Crippen LogP contribution in [0.2, 0.25) is 0 Å². The molecule has 29 nitrogen and oxygen atoms in total. The molecule has 0 saturated heterocycles. The van der Waals surface area contributed by atoms with Crippen molar-refractivity contribution in [1.82, 2.24) is 56.1 Å². The van der Waals surface area contributed by atoms with Crippen LogP contribution in [0.15, 0.2) is 218 Å². The number of guanidine groups is 1. The zero-order valence-electron chi connectivity index (χ0n) is 71.3. The van der Waals surface area contributed by atoms with Gasteiger partial charge in [0.2, 0.25) is 35.5 Å². The average Bonchev–Trinajstić information content (AvgIpc) is 1.70. The number of esters is 1. The van der Waals surface area contributed by atoms with Crippen LogP contribution in [0.5, 0.6) is 5.75 Å². The van der Waals surface area contributed by atoms with E-state index in [1.165, 1.54) is 10.8 Å². The van der Waals surface area contributed by atoms with Crippen molar-refractivity contribution >= 4 is 80.5 Å². The molecule has 2 aliphatic rings. The number of unbranched alkanes of at least 4 members (excludes halogenated alkanes) is 1. The molecule has 12 rings (SSSR count). The summed E-state index contributed by atoms with van der Waals surface area (Å²) in [7, 11) is -3.29. The maximum absolute atomic E-state index is 16.0. The molecule has 0 radical (unpaired) electrons. The van der Waals surface area contributed by atoms with Gasteiger partial charge in [0, 0.05) is 61.5 Å². The van der Waals surface area contributed by atoms with Crippen LogP contribution in [0.3, 0.4) is 0 Å². The Morgan fingerprint density at radius 1 is 0.600 bits per heavy atom. The van der Waals surface area contributed by atoms with Gasteiger partial charge in [0.25, 0.3) is 10.0 Å². The number of para-hydroxylation sites is 1. The van der Waals surface area contributed by atoms with E-state index in [4.69, 9.17) is 35.1 Å². The second-order valence-corrected chi connectivity index (χ2v) is 34.7. The van der Waals surface area contributed by atoms with E-state index in [0.29, 0.717) is 63.7 Å². The Kier molecular flexibility index (Phi) is 28.9. The van der Waals surface area contributed by atoms with Gasteiger partial charge in [-0.1, -0.05) is 188 Å². The average molecular weight is 1720 g/mol. The number of imidazole rings is 1. The number of sulfonamides is 1. The molecule has 125 heavy (non-hydrogen) atoms.